The molecule has 3 rings (SSSR count). The van der Waals surface area contributed by atoms with Crippen molar-refractivity contribution in [3.05, 3.63) is 75.9 Å². The number of nitrogens with zero attached hydrogens (tertiary/aromatic N) is 2. The first kappa shape index (κ1) is 19.2. The van der Waals surface area contributed by atoms with Crippen molar-refractivity contribution in [1.82, 2.24) is 9.78 Å². The maximum atomic E-state index is 13.4. The van der Waals surface area contributed by atoms with E-state index in [0.29, 0.717) is 5.82 Å². The van der Waals surface area contributed by atoms with Crippen LogP contribution in [-0.4, -0.2) is 15.7 Å². The predicted octanol–water partition coefficient (Wildman–Crippen LogP) is 5.46. The van der Waals surface area contributed by atoms with E-state index in [1.165, 1.54) is 6.07 Å². The number of benzene rings is 2. The molecule has 140 valence electrons. The van der Waals surface area contributed by atoms with Gasteiger partial charge in [-0.1, -0.05) is 36.7 Å². The molecule has 0 aliphatic carbocycles. The fraction of sp³-hybridized carbons (Fsp3) is 0.200. The van der Waals surface area contributed by atoms with Crippen molar-refractivity contribution in [3.63, 3.8) is 0 Å². The van der Waals surface area contributed by atoms with Gasteiger partial charge in [0.1, 0.15) is 5.82 Å². The van der Waals surface area contributed by atoms with Crippen LogP contribution >= 0.6 is 15.9 Å². The first-order chi connectivity index (χ1) is 12.6. The summed E-state index contributed by atoms with van der Waals surface area (Å²) in [6, 6.07) is 12.3. The highest BCUT2D eigenvalue weighted by atomic mass is 79.9. The molecule has 4 nitrogen and oxygen atoms in total. The van der Waals surface area contributed by atoms with E-state index in [-0.39, 0.29) is 11.0 Å². The topological polar surface area (TPSA) is 46.9 Å². The molecule has 0 saturated carbocycles. The summed E-state index contributed by atoms with van der Waals surface area (Å²) in [4.78, 5) is 12.5. The van der Waals surface area contributed by atoms with Crippen LogP contribution in [0.2, 0.25) is 0 Å². The number of rotatable bonds is 3. The van der Waals surface area contributed by atoms with Gasteiger partial charge >= 0.3 is 0 Å². The maximum Gasteiger partial charge on any atom is 0.256 e. The van der Waals surface area contributed by atoms with Crippen molar-refractivity contribution < 1.29 is 13.6 Å². The number of carbonyl (C=O) groups is 1. The average molecular weight is 434 g/mol. The second kappa shape index (κ2) is 7.23. The van der Waals surface area contributed by atoms with Crippen molar-refractivity contribution >= 4 is 27.7 Å². The fourth-order valence-electron chi connectivity index (χ4n) is 2.44. The molecule has 1 aromatic heterocycles. The van der Waals surface area contributed by atoms with Gasteiger partial charge in [0.05, 0.1) is 11.4 Å². The Morgan fingerprint density at radius 2 is 1.70 bits per heavy atom. The van der Waals surface area contributed by atoms with Gasteiger partial charge in [-0.05, 0) is 42.5 Å². The molecule has 0 saturated heterocycles. The zero-order valence-electron chi connectivity index (χ0n) is 15.1. The normalized spacial score (nSPS) is 11.5. The van der Waals surface area contributed by atoms with E-state index in [4.69, 9.17) is 0 Å². The van der Waals surface area contributed by atoms with Gasteiger partial charge in [-0.15, -0.1) is 0 Å². The summed E-state index contributed by atoms with van der Waals surface area (Å²) in [5.74, 6) is -2.18. The smallest absolute Gasteiger partial charge is 0.256 e. The summed E-state index contributed by atoms with van der Waals surface area (Å²) in [6.07, 6.45) is 0. The van der Waals surface area contributed by atoms with Crippen LogP contribution in [0, 0.1) is 11.6 Å². The fourth-order valence-corrected chi connectivity index (χ4v) is 2.71. The Morgan fingerprint density at radius 3 is 2.30 bits per heavy atom. The van der Waals surface area contributed by atoms with Crippen molar-refractivity contribution in [1.29, 1.82) is 0 Å². The van der Waals surface area contributed by atoms with Crippen LogP contribution in [0.4, 0.5) is 14.6 Å². The molecule has 7 heteroatoms. The van der Waals surface area contributed by atoms with Crippen LogP contribution in [0.1, 0.15) is 36.8 Å². The van der Waals surface area contributed by atoms with E-state index < -0.39 is 17.5 Å². The molecule has 0 spiro atoms. The monoisotopic (exact) mass is 433 g/mol. The number of hydrogen-bond donors (Lipinski definition) is 1. The summed E-state index contributed by atoms with van der Waals surface area (Å²) >= 11 is 3.39. The lowest BCUT2D eigenvalue weighted by Gasteiger charge is -2.14. The second-order valence-electron chi connectivity index (χ2n) is 7.14. The molecule has 1 heterocycles. The summed E-state index contributed by atoms with van der Waals surface area (Å²) in [5.41, 5.74) is 1.33. The zero-order valence-corrected chi connectivity index (χ0v) is 16.6. The minimum absolute atomic E-state index is 0.0229. The van der Waals surface area contributed by atoms with Gasteiger partial charge in [-0.25, -0.2) is 13.5 Å². The minimum Gasteiger partial charge on any atom is -0.306 e. The minimum atomic E-state index is -1.07. The van der Waals surface area contributed by atoms with Crippen LogP contribution in [0.3, 0.4) is 0 Å². The summed E-state index contributed by atoms with van der Waals surface area (Å²) < 4.78 is 29.1. The number of hydrogen-bond acceptors (Lipinski definition) is 2. The SMILES string of the molecule is CC(C)(C)c1cc(NC(=O)c2ccc(F)c(F)c2)n(-c2ccc(Br)cc2)n1. The third-order valence-electron chi connectivity index (χ3n) is 3.97. The van der Waals surface area contributed by atoms with Crippen molar-refractivity contribution in [2.45, 2.75) is 26.2 Å². The molecule has 1 N–H and O–H groups in total. The third kappa shape index (κ3) is 4.24. The lowest BCUT2D eigenvalue weighted by Crippen LogP contribution is -2.15. The molecule has 0 aliphatic rings. The molecule has 2 aromatic carbocycles. The zero-order chi connectivity index (χ0) is 19.8. The molecule has 0 aliphatic heterocycles. The highest BCUT2D eigenvalue weighted by molar-refractivity contribution is 9.10. The largest absolute Gasteiger partial charge is 0.306 e. The van der Waals surface area contributed by atoms with Crippen LogP contribution in [0.25, 0.3) is 5.69 Å². The first-order valence-electron chi connectivity index (χ1n) is 8.28. The van der Waals surface area contributed by atoms with Gasteiger partial charge < -0.3 is 5.32 Å². The number of aromatic nitrogens is 2. The standard InChI is InChI=1S/C20H18BrF2N3O/c1-20(2,3)17-11-18(26(25-17)14-7-5-13(21)6-8-14)24-19(27)12-4-9-15(22)16(23)10-12/h4-11H,1-3H3,(H,24,27). The second-order valence-corrected chi connectivity index (χ2v) is 8.05. The Kier molecular flexibility index (Phi) is 5.15. The van der Waals surface area contributed by atoms with E-state index in [1.807, 2.05) is 45.0 Å². The molecule has 0 fully saturated rings. The van der Waals surface area contributed by atoms with Gasteiger partial charge in [0.15, 0.2) is 11.6 Å². The van der Waals surface area contributed by atoms with Crippen molar-refractivity contribution in [3.8, 4) is 5.69 Å². The quantitative estimate of drug-likeness (QED) is 0.595. The number of nitrogens with one attached hydrogen (secondary N) is 1. The highest BCUT2D eigenvalue weighted by Gasteiger charge is 2.22. The average Bonchev–Trinajstić information content (AvgIpc) is 3.02. The first-order valence-corrected chi connectivity index (χ1v) is 9.07. The summed E-state index contributed by atoms with van der Waals surface area (Å²) in [7, 11) is 0. The third-order valence-corrected chi connectivity index (χ3v) is 4.50. The predicted molar refractivity (Wildman–Crippen MR) is 104 cm³/mol. The molecule has 0 radical (unpaired) electrons. The molecule has 0 atom stereocenters. The van der Waals surface area contributed by atoms with Crippen LogP contribution in [-0.2, 0) is 5.41 Å². The lowest BCUT2D eigenvalue weighted by molar-refractivity contribution is 0.102. The molecular formula is C20H18BrF2N3O. The highest BCUT2D eigenvalue weighted by Crippen LogP contribution is 2.27. The van der Waals surface area contributed by atoms with Crippen LogP contribution in [0.15, 0.2) is 53.0 Å². The Labute approximate surface area is 164 Å². The van der Waals surface area contributed by atoms with E-state index >= 15 is 0 Å². The number of anilines is 1. The van der Waals surface area contributed by atoms with E-state index in [9.17, 15) is 13.6 Å². The molecular weight excluding hydrogens is 416 g/mol. The molecule has 3 aromatic rings. The van der Waals surface area contributed by atoms with Crippen molar-refractivity contribution in [2.75, 3.05) is 5.32 Å². The molecule has 27 heavy (non-hydrogen) atoms. The number of carbonyl (C=O) groups excluding carboxylic acids is 1. The Morgan fingerprint density at radius 1 is 1.04 bits per heavy atom. The Balaban J connectivity index is 2.00. The molecule has 0 unspecified atom stereocenters. The van der Waals surface area contributed by atoms with Gasteiger partial charge in [0, 0.05) is 21.5 Å². The number of halogens is 3. The van der Waals surface area contributed by atoms with Crippen LogP contribution in [0.5, 0.6) is 0 Å². The van der Waals surface area contributed by atoms with E-state index in [2.05, 4.69) is 26.3 Å². The van der Waals surface area contributed by atoms with Gasteiger partial charge in [0.2, 0.25) is 0 Å². The van der Waals surface area contributed by atoms with Crippen molar-refractivity contribution in [2.24, 2.45) is 0 Å². The van der Waals surface area contributed by atoms with Crippen LogP contribution < -0.4 is 5.32 Å². The Bertz CT molecular complexity index is 991. The lowest BCUT2D eigenvalue weighted by atomic mass is 9.92. The Hall–Kier alpha value is -2.54. The van der Waals surface area contributed by atoms with Gasteiger partial charge in [-0.3, -0.25) is 4.79 Å². The van der Waals surface area contributed by atoms with Gasteiger partial charge in [0.25, 0.3) is 5.91 Å². The molecule has 0 bridgehead atoms. The van der Waals surface area contributed by atoms with E-state index in [0.717, 1.165) is 28.0 Å². The summed E-state index contributed by atoms with van der Waals surface area (Å²) in [5, 5.41) is 7.35. The molecule has 1 amide bonds. The van der Waals surface area contributed by atoms with E-state index in [1.54, 1.807) is 10.7 Å². The van der Waals surface area contributed by atoms with Gasteiger partial charge in [-0.2, -0.15) is 5.10 Å². The summed E-state index contributed by atoms with van der Waals surface area (Å²) in [6.45, 7) is 6.05. The number of amides is 1. The maximum absolute atomic E-state index is 13.4.